The Morgan fingerprint density at radius 1 is 0.875 bits per heavy atom. The van der Waals surface area contributed by atoms with E-state index in [-0.39, 0.29) is 5.56 Å². The molecule has 8 nitrogen and oxygen atoms in total. The molecule has 2 amide bonds. The molecule has 0 bridgehead atoms. The van der Waals surface area contributed by atoms with Crippen LogP contribution in [-0.4, -0.2) is 31.1 Å². The van der Waals surface area contributed by atoms with Crippen LogP contribution in [0.1, 0.15) is 15.9 Å². The number of halogens is 1. The minimum absolute atomic E-state index is 0.260. The molecule has 0 radical (unpaired) electrons. The Balaban J connectivity index is 1.50. The van der Waals surface area contributed by atoms with Crippen molar-refractivity contribution in [1.29, 1.82) is 0 Å². The summed E-state index contributed by atoms with van der Waals surface area (Å²) >= 11 is 5.99. The number of methoxy groups -OCH3 is 1. The lowest BCUT2D eigenvalue weighted by molar-refractivity contribution is -0.136. The van der Waals surface area contributed by atoms with E-state index in [4.69, 9.17) is 21.1 Å². The van der Waals surface area contributed by atoms with Crippen LogP contribution in [0, 0.1) is 0 Å². The molecular weight excluding hydrogens is 434 g/mol. The monoisotopic (exact) mass is 451 g/mol. The highest BCUT2D eigenvalue weighted by Gasteiger charge is 2.13. The van der Waals surface area contributed by atoms with Gasteiger partial charge < -0.3 is 14.8 Å². The number of benzene rings is 3. The third-order valence-electron chi connectivity index (χ3n) is 4.12. The molecule has 0 saturated heterocycles. The van der Waals surface area contributed by atoms with Gasteiger partial charge in [-0.1, -0.05) is 23.7 Å². The number of ether oxygens (including phenoxy) is 2. The van der Waals surface area contributed by atoms with Crippen molar-refractivity contribution < 1.29 is 23.9 Å². The number of esters is 1. The molecule has 0 heterocycles. The molecule has 162 valence electrons. The van der Waals surface area contributed by atoms with Crippen LogP contribution in [0.4, 0.5) is 5.69 Å². The van der Waals surface area contributed by atoms with E-state index in [0.717, 1.165) is 0 Å². The summed E-state index contributed by atoms with van der Waals surface area (Å²) in [6, 6.07) is 19.5. The van der Waals surface area contributed by atoms with Gasteiger partial charge in [-0.15, -0.1) is 0 Å². The first kappa shape index (κ1) is 22.5. The van der Waals surface area contributed by atoms with Crippen molar-refractivity contribution in [3.8, 4) is 11.5 Å². The largest absolute Gasteiger partial charge is 0.497 e. The van der Waals surface area contributed by atoms with Gasteiger partial charge in [-0.2, -0.15) is 5.10 Å². The maximum absolute atomic E-state index is 12.2. The van der Waals surface area contributed by atoms with E-state index in [1.54, 1.807) is 72.8 Å². The van der Waals surface area contributed by atoms with Crippen molar-refractivity contribution in [3.63, 3.8) is 0 Å². The number of carbonyl (C=O) groups is 3. The average molecular weight is 452 g/mol. The van der Waals surface area contributed by atoms with Crippen LogP contribution >= 0.6 is 11.6 Å². The van der Waals surface area contributed by atoms with Gasteiger partial charge in [-0.25, -0.2) is 10.2 Å². The quantitative estimate of drug-likeness (QED) is 0.195. The van der Waals surface area contributed by atoms with Gasteiger partial charge in [-0.3, -0.25) is 9.59 Å². The van der Waals surface area contributed by atoms with Crippen LogP contribution in [-0.2, 0) is 9.59 Å². The first-order valence-electron chi connectivity index (χ1n) is 9.31. The summed E-state index contributed by atoms with van der Waals surface area (Å²) in [5.74, 6) is -1.43. The Morgan fingerprint density at radius 3 is 2.19 bits per heavy atom. The summed E-state index contributed by atoms with van der Waals surface area (Å²) < 4.78 is 10.3. The Morgan fingerprint density at radius 2 is 1.53 bits per heavy atom. The van der Waals surface area contributed by atoms with Crippen molar-refractivity contribution in [2.24, 2.45) is 5.10 Å². The fraction of sp³-hybridized carbons (Fsp3) is 0.0435. The van der Waals surface area contributed by atoms with E-state index in [9.17, 15) is 14.4 Å². The first-order chi connectivity index (χ1) is 15.5. The van der Waals surface area contributed by atoms with E-state index < -0.39 is 17.8 Å². The lowest BCUT2D eigenvalue weighted by Gasteiger charge is -2.06. The highest BCUT2D eigenvalue weighted by Crippen LogP contribution is 2.19. The number of anilines is 1. The lowest BCUT2D eigenvalue weighted by atomic mass is 10.2. The molecule has 32 heavy (non-hydrogen) atoms. The lowest BCUT2D eigenvalue weighted by Crippen LogP contribution is -2.32. The number of nitrogens with zero attached hydrogens (tertiary/aromatic N) is 1. The average Bonchev–Trinajstić information content (AvgIpc) is 2.80. The molecule has 0 atom stereocenters. The van der Waals surface area contributed by atoms with Crippen molar-refractivity contribution >= 4 is 41.3 Å². The first-order valence-corrected chi connectivity index (χ1v) is 9.69. The molecule has 0 aliphatic heterocycles. The molecule has 9 heteroatoms. The van der Waals surface area contributed by atoms with Crippen LogP contribution in [0.25, 0.3) is 0 Å². The van der Waals surface area contributed by atoms with Crippen LogP contribution in [0.3, 0.4) is 0 Å². The molecule has 2 N–H and O–H groups in total. The number of hydrazone groups is 1. The van der Waals surface area contributed by atoms with Gasteiger partial charge in [0, 0.05) is 5.69 Å². The van der Waals surface area contributed by atoms with Gasteiger partial charge in [0.15, 0.2) is 0 Å². The third-order valence-corrected chi connectivity index (χ3v) is 4.45. The highest BCUT2D eigenvalue weighted by molar-refractivity contribution is 6.39. The summed E-state index contributed by atoms with van der Waals surface area (Å²) in [5.41, 5.74) is 3.45. The van der Waals surface area contributed by atoms with E-state index in [2.05, 4.69) is 15.8 Å². The molecule has 0 fully saturated rings. The zero-order valence-electron chi connectivity index (χ0n) is 16.9. The maximum atomic E-state index is 12.2. The minimum Gasteiger partial charge on any atom is -0.497 e. The Bertz CT molecular complexity index is 1150. The zero-order valence-corrected chi connectivity index (χ0v) is 17.6. The molecule has 3 aromatic rings. The van der Waals surface area contributed by atoms with Gasteiger partial charge >= 0.3 is 17.8 Å². The second-order valence-corrected chi connectivity index (χ2v) is 6.73. The summed E-state index contributed by atoms with van der Waals surface area (Å²) in [5, 5.41) is 6.50. The van der Waals surface area contributed by atoms with E-state index in [1.807, 2.05) is 0 Å². The van der Waals surface area contributed by atoms with Gasteiger partial charge in [0.05, 0.1) is 23.9 Å². The van der Waals surface area contributed by atoms with E-state index in [1.165, 1.54) is 13.3 Å². The normalized spacial score (nSPS) is 10.4. The van der Waals surface area contributed by atoms with E-state index in [0.29, 0.717) is 27.8 Å². The number of hydrogen-bond donors (Lipinski definition) is 2. The highest BCUT2D eigenvalue weighted by atomic mass is 35.5. The molecule has 3 aromatic carbocycles. The van der Waals surface area contributed by atoms with Gasteiger partial charge in [0.2, 0.25) is 0 Å². The molecule has 3 rings (SSSR count). The van der Waals surface area contributed by atoms with Crippen molar-refractivity contribution in [3.05, 3.63) is 88.9 Å². The topological polar surface area (TPSA) is 106 Å². The fourth-order valence-corrected chi connectivity index (χ4v) is 2.70. The number of rotatable bonds is 6. The third kappa shape index (κ3) is 6.16. The van der Waals surface area contributed by atoms with Crippen molar-refractivity contribution in [1.82, 2.24) is 5.43 Å². The number of nitrogens with one attached hydrogen (secondary N) is 2. The molecule has 0 unspecified atom stereocenters. The standard InChI is InChI=1S/C23H18ClN3O5/c1-31-17-12-8-16(9-13-17)26-21(28)22(29)27-25-14-15-6-10-18(11-7-15)32-23(30)19-4-2-3-5-20(19)24/h2-14H,1H3,(H,26,28)(H,27,29)/b25-14-. The van der Waals surface area contributed by atoms with Crippen LogP contribution in [0.15, 0.2) is 77.9 Å². The fourth-order valence-electron chi connectivity index (χ4n) is 2.49. The second-order valence-electron chi connectivity index (χ2n) is 6.32. The summed E-state index contributed by atoms with van der Waals surface area (Å²) in [4.78, 5) is 35.9. The molecule has 0 spiro atoms. The van der Waals surface area contributed by atoms with Crippen LogP contribution in [0.2, 0.25) is 5.02 Å². The Kier molecular flexibility index (Phi) is 7.55. The minimum atomic E-state index is -0.928. The molecule has 0 aliphatic rings. The van der Waals surface area contributed by atoms with Gasteiger partial charge in [0.25, 0.3) is 0 Å². The van der Waals surface area contributed by atoms with Crippen LogP contribution in [0.5, 0.6) is 11.5 Å². The summed E-state index contributed by atoms with van der Waals surface area (Å²) in [6.07, 6.45) is 1.35. The molecule has 0 aliphatic carbocycles. The SMILES string of the molecule is COc1ccc(NC(=O)C(=O)N/N=C\c2ccc(OC(=O)c3ccccc3Cl)cc2)cc1. The summed E-state index contributed by atoms with van der Waals surface area (Å²) in [6.45, 7) is 0. The van der Waals surface area contributed by atoms with Crippen LogP contribution < -0.4 is 20.2 Å². The number of hydrogen-bond acceptors (Lipinski definition) is 6. The van der Waals surface area contributed by atoms with E-state index >= 15 is 0 Å². The zero-order chi connectivity index (χ0) is 22.9. The van der Waals surface area contributed by atoms with Crippen molar-refractivity contribution in [2.45, 2.75) is 0 Å². The molecule has 0 aromatic heterocycles. The molecular formula is C23H18ClN3O5. The van der Waals surface area contributed by atoms with Crippen molar-refractivity contribution in [2.75, 3.05) is 12.4 Å². The Labute approximate surface area is 188 Å². The Hall–Kier alpha value is -4.17. The number of amides is 2. The second kappa shape index (κ2) is 10.7. The predicted molar refractivity (Wildman–Crippen MR) is 120 cm³/mol. The predicted octanol–water partition coefficient (Wildman–Crippen LogP) is 3.66. The van der Waals surface area contributed by atoms with Gasteiger partial charge in [-0.05, 0) is 66.2 Å². The smallest absolute Gasteiger partial charge is 0.345 e. The number of carbonyl (C=O) groups excluding carboxylic acids is 3. The van der Waals surface area contributed by atoms with Gasteiger partial charge in [0.1, 0.15) is 11.5 Å². The summed E-state index contributed by atoms with van der Waals surface area (Å²) in [7, 11) is 1.53. The maximum Gasteiger partial charge on any atom is 0.345 e. The molecule has 0 saturated carbocycles.